The van der Waals surface area contributed by atoms with Crippen LogP contribution in [-0.2, 0) is 4.79 Å². The molecular formula is C10H14O2. The summed E-state index contributed by atoms with van der Waals surface area (Å²) in [6.45, 7) is 5.22. The predicted molar refractivity (Wildman–Crippen MR) is 49.7 cm³/mol. The quantitative estimate of drug-likeness (QED) is 0.496. The maximum atomic E-state index is 10.5. The van der Waals surface area contributed by atoms with Crippen molar-refractivity contribution in [1.29, 1.82) is 0 Å². The van der Waals surface area contributed by atoms with Gasteiger partial charge in [-0.25, -0.2) is 0 Å². The van der Waals surface area contributed by atoms with Crippen LogP contribution < -0.4 is 0 Å². The van der Waals surface area contributed by atoms with Gasteiger partial charge in [0.15, 0.2) is 0 Å². The molecule has 0 saturated carbocycles. The molecule has 0 aliphatic carbocycles. The van der Waals surface area contributed by atoms with E-state index in [0.717, 1.165) is 11.9 Å². The maximum absolute atomic E-state index is 10.5. The van der Waals surface area contributed by atoms with E-state index in [1.807, 2.05) is 13.0 Å². The maximum Gasteiger partial charge on any atom is 0.129 e. The number of hydrogen-bond acceptors (Lipinski definition) is 2. The Balaban J connectivity index is 4.57. The Kier molecular flexibility index (Phi) is 5.93. The molecule has 12 heavy (non-hydrogen) atoms. The number of aldehydes is 1. The van der Waals surface area contributed by atoms with Crippen LogP contribution in [0.1, 0.15) is 6.92 Å². The molecule has 0 radical (unpaired) electrons. The fourth-order valence-electron chi connectivity index (χ4n) is 0.858. The minimum atomic E-state index is -0.431. The van der Waals surface area contributed by atoms with E-state index in [4.69, 9.17) is 5.11 Å². The molecular weight excluding hydrogens is 152 g/mol. The lowest BCUT2D eigenvalue weighted by Crippen LogP contribution is -2.09. The summed E-state index contributed by atoms with van der Waals surface area (Å²) in [6.07, 6.45) is 7.66. The summed E-state index contributed by atoms with van der Waals surface area (Å²) in [7, 11) is 0. The van der Waals surface area contributed by atoms with Gasteiger partial charge in [-0.1, -0.05) is 30.9 Å². The zero-order valence-electron chi connectivity index (χ0n) is 7.23. The van der Waals surface area contributed by atoms with Gasteiger partial charge in [0.25, 0.3) is 0 Å². The smallest absolute Gasteiger partial charge is 0.129 e. The third-order valence-electron chi connectivity index (χ3n) is 1.46. The van der Waals surface area contributed by atoms with E-state index in [1.54, 1.807) is 18.2 Å². The molecule has 0 spiro atoms. The van der Waals surface area contributed by atoms with Gasteiger partial charge in [-0.3, -0.25) is 0 Å². The van der Waals surface area contributed by atoms with Crippen molar-refractivity contribution in [3.8, 4) is 0 Å². The molecule has 1 unspecified atom stereocenters. The summed E-state index contributed by atoms with van der Waals surface area (Å²) in [5.74, 6) is -0.431. The zero-order chi connectivity index (χ0) is 9.40. The molecule has 0 fully saturated rings. The molecule has 0 aromatic rings. The van der Waals surface area contributed by atoms with Gasteiger partial charge in [0.05, 0.1) is 12.5 Å². The molecule has 0 aromatic carbocycles. The second-order valence-electron chi connectivity index (χ2n) is 2.33. The molecule has 0 amide bonds. The third-order valence-corrected chi connectivity index (χ3v) is 1.46. The van der Waals surface area contributed by atoms with Crippen molar-refractivity contribution < 1.29 is 9.90 Å². The van der Waals surface area contributed by atoms with E-state index in [9.17, 15) is 4.79 Å². The van der Waals surface area contributed by atoms with Crippen LogP contribution in [0.2, 0.25) is 0 Å². The highest BCUT2D eigenvalue weighted by atomic mass is 16.3. The van der Waals surface area contributed by atoms with Crippen LogP contribution in [0, 0.1) is 5.92 Å². The largest absolute Gasteiger partial charge is 0.395 e. The Bertz CT molecular complexity index is 202. The number of carbonyl (C=O) groups is 1. The number of carbonyl (C=O) groups excluding carboxylic acids is 1. The van der Waals surface area contributed by atoms with E-state index in [1.165, 1.54) is 0 Å². The van der Waals surface area contributed by atoms with Crippen molar-refractivity contribution in [3.63, 3.8) is 0 Å². The second kappa shape index (κ2) is 6.55. The van der Waals surface area contributed by atoms with Gasteiger partial charge in [0.1, 0.15) is 6.29 Å². The molecule has 1 atom stereocenters. The summed E-state index contributed by atoms with van der Waals surface area (Å²) in [5, 5.41) is 8.81. The average Bonchev–Trinajstić information content (AvgIpc) is 2.07. The van der Waals surface area contributed by atoms with Crippen molar-refractivity contribution in [1.82, 2.24) is 0 Å². The van der Waals surface area contributed by atoms with Gasteiger partial charge in [0, 0.05) is 0 Å². The molecule has 0 bridgehead atoms. The molecule has 0 heterocycles. The zero-order valence-corrected chi connectivity index (χ0v) is 7.23. The van der Waals surface area contributed by atoms with E-state index >= 15 is 0 Å². The highest BCUT2D eigenvalue weighted by Crippen LogP contribution is 2.09. The molecule has 2 heteroatoms. The fourth-order valence-corrected chi connectivity index (χ4v) is 0.858. The number of aliphatic hydroxyl groups excluding tert-OH is 1. The minimum Gasteiger partial charge on any atom is -0.395 e. The average molecular weight is 166 g/mol. The van der Waals surface area contributed by atoms with Gasteiger partial charge in [-0.15, -0.1) is 0 Å². The Morgan fingerprint density at radius 1 is 1.67 bits per heavy atom. The van der Waals surface area contributed by atoms with Crippen molar-refractivity contribution in [3.05, 3.63) is 36.5 Å². The van der Waals surface area contributed by atoms with Gasteiger partial charge in [-0.05, 0) is 12.5 Å². The van der Waals surface area contributed by atoms with E-state index in [-0.39, 0.29) is 6.61 Å². The Hall–Kier alpha value is -1.15. The minimum absolute atomic E-state index is 0.159. The Morgan fingerprint density at radius 2 is 2.33 bits per heavy atom. The molecule has 0 aliphatic rings. The highest BCUT2D eigenvalue weighted by Gasteiger charge is 2.07. The van der Waals surface area contributed by atoms with Crippen molar-refractivity contribution >= 4 is 6.29 Å². The van der Waals surface area contributed by atoms with Crippen LogP contribution >= 0.6 is 0 Å². The SMILES string of the molecule is C=C/C=C(\C=C/C)C(C=O)CO. The summed E-state index contributed by atoms with van der Waals surface area (Å²) in [6, 6.07) is 0. The standard InChI is InChI=1S/C10H14O2/c1-3-5-9(6-4-2)10(7-11)8-12/h3-7,10,12H,1,8H2,2H3/b6-4-,9-5+. The molecule has 0 rings (SSSR count). The van der Waals surface area contributed by atoms with Crippen molar-refractivity contribution in [2.75, 3.05) is 6.61 Å². The topological polar surface area (TPSA) is 37.3 Å². The summed E-state index contributed by atoms with van der Waals surface area (Å²) in [5.41, 5.74) is 0.782. The lowest BCUT2D eigenvalue weighted by atomic mass is 10.0. The number of rotatable bonds is 5. The number of hydrogen-bond donors (Lipinski definition) is 1. The van der Waals surface area contributed by atoms with E-state index in [0.29, 0.717) is 0 Å². The first-order valence-corrected chi connectivity index (χ1v) is 3.81. The van der Waals surface area contributed by atoms with Crippen LogP contribution in [0.3, 0.4) is 0 Å². The third kappa shape index (κ3) is 3.30. The normalized spacial score (nSPS) is 14.7. The fraction of sp³-hybridized carbons (Fsp3) is 0.300. The van der Waals surface area contributed by atoms with Gasteiger partial charge in [-0.2, -0.15) is 0 Å². The first-order valence-electron chi connectivity index (χ1n) is 3.81. The van der Waals surface area contributed by atoms with Crippen LogP contribution in [0.5, 0.6) is 0 Å². The lowest BCUT2D eigenvalue weighted by Gasteiger charge is -2.06. The van der Waals surface area contributed by atoms with Crippen LogP contribution in [0.25, 0.3) is 0 Å². The van der Waals surface area contributed by atoms with Crippen molar-refractivity contribution in [2.45, 2.75) is 6.92 Å². The van der Waals surface area contributed by atoms with Crippen LogP contribution in [-0.4, -0.2) is 18.0 Å². The van der Waals surface area contributed by atoms with E-state index < -0.39 is 5.92 Å². The Morgan fingerprint density at radius 3 is 2.67 bits per heavy atom. The first-order chi connectivity index (χ1) is 5.79. The number of aliphatic hydroxyl groups is 1. The molecule has 0 aromatic heterocycles. The molecule has 0 saturated heterocycles. The summed E-state index contributed by atoms with van der Waals surface area (Å²) < 4.78 is 0. The summed E-state index contributed by atoms with van der Waals surface area (Å²) >= 11 is 0. The monoisotopic (exact) mass is 166 g/mol. The second-order valence-corrected chi connectivity index (χ2v) is 2.33. The Labute approximate surface area is 72.9 Å². The summed E-state index contributed by atoms with van der Waals surface area (Å²) in [4.78, 5) is 10.5. The lowest BCUT2D eigenvalue weighted by molar-refractivity contribution is -0.110. The molecule has 0 aliphatic heterocycles. The highest BCUT2D eigenvalue weighted by molar-refractivity contribution is 5.61. The van der Waals surface area contributed by atoms with Crippen LogP contribution in [0.4, 0.5) is 0 Å². The molecule has 66 valence electrons. The van der Waals surface area contributed by atoms with E-state index in [2.05, 4.69) is 6.58 Å². The first kappa shape index (κ1) is 10.8. The number of allylic oxidation sites excluding steroid dienone is 4. The van der Waals surface area contributed by atoms with Gasteiger partial charge >= 0.3 is 0 Å². The van der Waals surface area contributed by atoms with Crippen molar-refractivity contribution in [2.24, 2.45) is 5.92 Å². The van der Waals surface area contributed by atoms with Gasteiger partial charge in [0.2, 0.25) is 0 Å². The molecule has 1 N–H and O–H groups in total. The predicted octanol–water partition coefficient (Wildman–Crippen LogP) is 1.48. The van der Waals surface area contributed by atoms with Crippen LogP contribution in [0.15, 0.2) is 36.5 Å². The van der Waals surface area contributed by atoms with Gasteiger partial charge < -0.3 is 9.90 Å². The molecule has 2 nitrogen and oxygen atoms in total.